The van der Waals surface area contributed by atoms with Crippen LogP contribution in [-0.4, -0.2) is 5.54 Å². The first-order chi connectivity index (χ1) is 7.09. The Morgan fingerprint density at radius 2 is 1.75 bits per heavy atom. The first-order valence-corrected chi connectivity index (χ1v) is 4.74. The summed E-state index contributed by atoms with van der Waals surface area (Å²) in [4.78, 5) is 0. The summed E-state index contributed by atoms with van der Waals surface area (Å²) in [5, 5.41) is 0. The van der Waals surface area contributed by atoms with E-state index in [9.17, 15) is 17.6 Å². The Balaban J connectivity index is 3.01. The average Bonchev–Trinajstić information content (AvgIpc) is 2.04. The highest BCUT2D eigenvalue weighted by molar-refractivity contribution is 5.27. The van der Waals surface area contributed by atoms with Gasteiger partial charge in [0.15, 0.2) is 0 Å². The highest BCUT2D eigenvalue weighted by Gasteiger charge is 2.31. The smallest absolute Gasteiger partial charge is 0.325 e. The van der Waals surface area contributed by atoms with Crippen LogP contribution in [0.4, 0.5) is 17.6 Å². The van der Waals surface area contributed by atoms with Gasteiger partial charge in [0.05, 0.1) is 5.56 Å². The fourth-order valence-corrected chi connectivity index (χ4v) is 1.36. The van der Waals surface area contributed by atoms with E-state index in [1.165, 1.54) is 0 Å². The summed E-state index contributed by atoms with van der Waals surface area (Å²) < 4.78 is 50.1. The molecule has 1 aromatic rings. The first-order valence-electron chi connectivity index (χ1n) is 4.74. The minimum absolute atomic E-state index is 0.191. The maximum Gasteiger partial charge on any atom is 0.416 e. The molecule has 1 rings (SSSR count). The van der Waals surface area contributed by atoms with Crippen LogP contribution in [0, 0.1) is 5.82 Å². The molecule has 0 saturated heterocycles. The molecule has 2 N–H and O–H groups in total. The Morgan fingerprint density at radius 1 is 1.19 bits per heavy atom. The van der Waals surface area contributed by atoms with E-state index in [0.29, 0.717) is 6.07 Å². The van der Waals surface area contributed by atoms with Gasteiger partial charge in [0.2, 0.25) is 0 Å². The molecule has 0 amide bonds. The van der Waals surface area contributed by atoms with Gasteiger partial charge in [-0.3, -0.25) is 0 Å². The van der Waals surface area contributed by atoms with E-state index in [1.807, 2.05) is 0 Å². The summed E-state index contributed by atoms with van der Waals surface area (Å²) in [5.41, 5.74) is 4.23. The monoisotopic (exact) mass is 235 g/mol. The quantitative estimate of drug-likeness (QED) is 0.783. The minimum atomic E-state index is -4.52. The second-order valence-electron chi connectivity index (χ2n) is 4.47. The Kier molecular flexibility index (Phi) is 3.28. The zero-order valence-electron chi connectivity index (χ0n) is 9.03. The molecule has 0 aliphatic carbocycles. The molecular formula is C11H13F4N. The number of halogens is 4. The molecule has 16 heavy (non-hydrogen) atoms. The predicted octanol–water partition coefficient (Wildman–Crippen LogP) is 3.12. The van der Waals surface area contributed by atoms with Crippen molar-refractivity contribution in [3.05, 3.63) is 35.1 Å². The highest BCUT2D eigenvalue weighted by atomic mass is 19.4. The van der Waals surface area contributed by atoms with Gasteiger partial charge in [-0.2, -0.15) is 13.2 Å². The van der Waals surface area contributed by atoms with E-state index in [1.54, 1.807) is 13.8 Å². The summed E-state index contributed by atoms with van der Waals surface area (Å²) in [5.74, 6) is -0.867. The van der Waals surface area contributed by atoms with Gasteiger partial charge in [-0.1, -0.05) is 6.07 Å². The SMILES string of the molecule is CC(C)(N)Cc1ccc(C(F)(F)F)cc1F. The van der Waals surface area contributed by atoms with E-state index >= 15 is 0 Å². The first kappa shape index (κ1) is 13.0. The van der Waals surface area contributed by atoms with Crippen LogP contribution in [0.2, 0.25) is 0 Å². The van der Waals surface area contributed by atoms with Crippen LogP contribution in [0.1, 0.15) is 25.0 Å². The molecule has 0 atom stereocenters. The molecule has 0 bridgehead atoms. The van der Waals surface area contributed by atoms with Gasteiger partial charge in [0.25, 0.3) is 0 Å². The largest absolute Gasteiger partial charge is 0.416 e. The van der Waals surface area contributed by atoms with Gasteiger partial charge in [-0.15, -0.1) is 0 Å². The van der Waals surface area contributed by atoms with Crippen molar-refractivity contribution in [3.63, 3.8) is 0 Å². The lowest BCUT2D eigenvalue weighted by Crippen LogP contribution is -2.34. The summed E-state index contributed by atoms with van der Waals surface area (Å²) in [6.45, 7) is 3.37. The lowest BCUT2D eigenvalue weighted by molar-refractivity contribution is -0.137. The Bertz CT molecular complexity index is 377. The average molecular weight is 235 g/mol. The maximum absolute atomic E-state index is 13.4. The molecule has 1 aromatic carbocycles. The maximum atomic E-state index is 13.4. The number of hydrogen-bond acceptors (Lipinski definition) is 1. The lowest BCUT2D eigenvalue weighted by Gasteiger charge is -2.19. The molecule has 0 aromatic heterocycles. The molecule has 1 nitrogen and oxygen atoms in total. The van der Waals surface area contributed by atoms with Crippen molar-refractivity contribution in [1.82, 2.24) is 0 Å². The second kappa shape index (κ2) is 4.05. The van der Waals surface area contributed by atoms with Crippen LogP contribution in [0.15, 0.2) is 18.2 Å². The van der Waals surface area contributed by atoms with Crippen molar-refractivity contribution in [2.24, 2.45) is 5.73 Å². The summed E-state index contributed by atoms with van der Waals surface area (Å²) >= 11 is 0. The molecule has 0 radical (unpaired) electrons. The molecule has 0 spiro atoms. The standard InChI is InChI=1S/C11H13F4N/c1-10(2,16)6-7-3-4-8(5-9(7)12)11(13,14)15/h3-5H,6,16H2,1-2H3. The fraction of sp³-hybridized carbons (Fsp3) is 0.455. The van der Waals surface area contributed by atoms with Crippen molar-refractivity contribution >= 4 is 0 Å². The van der Waals surface area contributed by atoms with Crippen molar-refractivity contribution in [3.8, 4) is 0 Å². The number of hydrogen-bond donors (Lipinski definition) is 1. The van der Waals surface area contributed by atoms with Crippen molar-refractivity contribution in [2.75, 3.05) is 0 Å². The second-order valence-corrected chi connectivity index (χ2v) is 4.47. The van der Waals surface area contributed by atoms with Crippen LogP contribution < -0.4 is 5.73 Å². The molecule has 5 heteroatoms. The van der Waals surface area contributed by atoms with Crippen LogP contribution in [0.3, 0.4) is 0 Å². The van der Waals surface area contributed by atoms with Crippen molar-refractivity contribution in [1.29, 1.82) is 0 Å². The molecule has 0 saturated carbocycles. The summed E-state index contributed by atoms with van der Waals surface area (Å²) in [6.07, 6.45) is -4.32. The van der Waals surface area contributed by atoms with Gasteiger partial charge in [0, 0.05) is 5.54 Å². The van der Waals surface area contributed by atoms with Crippen LogP contribution >= 0.6 is 0 Å². The summed E-state index contributed by atoms with van der Waals surface area (Å²) in [6, 6.07) is 2.50. The number of benzene rings is 1. The van der Waals surface area contributed by atoms with E-state index in [2.05, 4.69) is 0 Å². The Morgan fingerprint density at radius 3 is 2.12 bits per heavy atom. The third-order valence-corrected chi connectivity index (χ3v) is 2.03. The van der Waals surface area contributed by atoms with Crippen molar-refractivity contribution < 1.29 is 17.6 Å². The topological polar surface area (TPSA) is 26.0 Å². The van der Waals surface area contributed by atoms with Crippen molar-refractivity contribution in [2.45, 2.75) is 32.0 Å². The number of nitrogens with two attached hydrogens (primary N) is 1. The van der Waals surface area contributed by atoms with E-state index < -0.39 is 23.1 Å². The summed E-state index contributed by atoms with van der Waals surface area (Å²) in [7, 11) is 0. The van der Waals surface area contributed by atoms with Gasteiger partial charge in [0.1, 0.15) is 5.82 Å². The van der Waals surface area contributed by atoms with Crippen LogP contribution in [0.5, 0.6) is 0 Å². The molecule has 0 heterocycles. The molecule has 0 aliphatic heterocycles. The zero-order chi connectivity index (χ0) is 12.6. The molecular weight excluding hydrogens is 222 g/mol. The Labute approximate surface area is 91.3 Å². The number of rotatable bonds is 2. The lowest BCUT2D eigenvalue weighted by atomic mass is 9.95. The van der Waals surface area contributed by atoms with Gasteiger partial charge in [-0.05, 0) is 38.0 Å². The van der Waals surface area contributed by atoms with Gasteiger partial charge in [-0.25, -0.2) is 4.39 Å². The van der Waals surface area contributed by atoms with E-state index in [-0.39, 0.29) is 12.0 Å². The fourth-order valence-electron chi connectivity index (χ4n) is 1.36. The normalized spacial score (nSPS) is 12.9. The van der Waals surface area contributed by atoms with E-state index in [0.717, 1.165) is 12.1 Å². The van der Waals surface area contributed by atoms with Gasteiger partial charge >= 0.3 is 6.18 Å². The minimum Gasteiger partial charge on any atom is -0.325 e. The van der Waals surface area contributed by atoms with Crippen LogP contribution in [-0.2, 0) is 12.6 Å². The number of alkyl halides is 3. The third kappa shape index (κ3) is 3.48. The molecule has 90 valence electrons. The zero-order valence-corrected chi connectivity index (χ0v) is 9.03. The third-order valence-electron chi connectivity index (χ3n) is 2.03. The molecule has 0 fully saturated rings. The highest BCUT2D eigenvalue weighted by Crippen LogP contribution is 2.30. The van der Waals surface area contributed by atoms with Gasteiger partial charge < -0.3 is 5.73 Å². The molecule has 0 unspecified atom stereocenters. The van der Waals surface area contributed by atoms with E-state index in [4.69, 9.17) is 5.73 Å². The molecule has 0 aliphatic rings. The van der Waals surface area contributed by atoms with Crippen LogP contribution in [0.25, 0.3) is 0 Å². The predicted molar refractivity (Wildman–Crippen MR) is 53.4 cm³/mol. The Hall–Kier alpha value is -1.10.